The van der Waals surface area contributed by atoms with Gasteiger partial charge in [-0.05, 0) is 52.0 Å². The first-order chi connectivity index (χ1) is 17.2. The summed E-state index contributed by atoms with van der Waals surface area (Å²) in [6, 6.07) is 7.18. The molecule has 1 aromatic rings. The molecule has 0 saturated heterocycles. The van der Waals surface area contributed by atoms with Crippen LogP contribution in [-0.4, -0.2) is 77.4 Å². The average Bonchev–Trinajstić information content (AvgIpc) is 2.85. The van der Waals surface area contributed by atoms with E-state index in [0.29, 0.717) is 49.1 Å². The van der Waals surface area contributed by atoms with Crippen LogP contribution in [0.3, 0.4) is 0 Å². The summed E-state index contributed by atoms with van der Waals surface area (Å²) < 4.78 is 42.9. The predicted molar refractivity (Wildman–Crippen MR) is 132 cm³/mol. The van der Waals surface area contributed by atoms with Crippen molar-refractivity contribution in [3.8, 4) is 11.5 Å². The van der Waals surface area contributed by atoms with Gasteiger partial charge in [0.25, 0.3) is 0 Å². The van der Waals surface area contributed by atoms with Crippen molar-refractivity contribution >= 4 is 11.9 Å². The highest BCUT2D eigenvalue weighted by atomic mass is 16.7. The fourth-order valence-electron chi connectivity index (χ4n) is 2.42. The van der Waals surface area contributed by atoms with Gasteiger partial charge in [-0.1, -0.05) is 13.2 Å². The lowest BCUT2D eigenvalue weighted by Gasteiger charge is -2.15. The summed E-state index contributed by atoms with van der Waals surface area (Å²) in [4.78, 5) is 22.5. The minimum Gasteiger partial charge on any atom is -0.491 e. The summed E-state index contributed by atoms with van der Waals surface area (Å²) in [5.41, 5.74) is 0.692. The molecule has 0 heterocycles. The van der Waals surface area contributed by atoms with Gasteiger partial charge < -0.3 is 37.9 Å². The molecule has 0 bridgehead atoms. The maximum Gasteiger partial charge on any atom is 0.333 e. The summed E-state index contributed by atoms with van der Waals surface area (Å²) in [7, 11) is 0. The van der Waals surface area contributed by atoms with Crippen molar-refractivity contribution in [2.24, 2.45) is 0 Å². The van der Waals surface area contributed by atoms with Crippen molar-refractivity contribution in [3.05, 3.63) is 48.6 Å². The molecule has 1 rings (SSSR count). The van der Waals surface area contributed by atoms with E-state index >= 15 is 0 Å². The fraction of sp³-hybridized carbons (Fsp3) is 0.538. The molecule has 10 heteroatoms. The van der Waals surface area contributed by atoms with Crippen LogP contribution in [0.2, 0.25) is 0 Å². The van der Waals surface area contributed by atoms with Gasteiger partial charge in [-0.25, -0.2) is 9.59 Å². The van der Waals surface area contributed by atoms with Crippen molar-refractivity contribution in [2.45, 2.75) is 40.3 Å². The van der Waals surface area contributed by atoms with Crippen molar-refractivity contribution in [1.29, 1.82) is 0 Å². The van der Waals surface area contributed by atoms with Crippen LogP contribution in [0.4, 0.5) is 0 Å². The molecule has 2 unspecified atom stereocenters. The number of hydrogen-bond donors (Lipinski definition) is 0. The van der Waals surface area contributed by atoms with Gasteiger partial charge in [-0.3, -0.25) is 0 Å². The zero-order valence-corrected chi connectivity index (χ0v) is 21.6. The summed E-state index contributed by atoms with van der Waals surface area (Å²) in [6.07, 6.45) is -0.912. The third-order valence-corrected chi connectivity index (χ3v) is 4.27. The maximum absolute atomic E-state index is 11.3. The van der Waals surface area contributed by atoms with Crippen LogP contribution < -0.4 is 9.47 Å². The van der Waals surface area contributed by atoms with Gasteiger partial charge in [0.2, 0.25) is 0 Å². The Hall–Kier alpha value is -2.92. The normalized spacial score (nSPS) is 12.3. The zero-order valence-electron chi connectivity index (χ0n) is 21.6. The monoisotopic (exact) mass is 510 g/mol. The van der Waals surface area contributed by atoms with E-state index in [4.69, 9.17) is 37.9 Å². The number of esters is 2. The molecule has 0 saturated carbocycles. The molecule has 0 aliphatic rings. The lowest BCUT2D eigenvalue weighted by Crippen LogP contribution is -2.20. The number of ether oxygens (including phenoxy) is 8. The molecule has 2 atom stereocenters. The minimum absolute atomic E-state index is 0.137. The van der Waals surface area contributed by atoms with Gasteiger partial charge in [-0.15, -0.1) is 0 Å². The highest BCUT2D eigenvalue weighted by Gasteiger charge is 2.07. The van der Waals surface area contributed by atoms with Gasteiger partial charge in [0, 0.05) is 11.1 Å². The lowest BCUT2D eigenvalue weighted by molar-refractivity contribution is -0.155. The van der Waals surface area contributed by atoms with E-state index in [2.05, 4.69) is 13.2 Å². The first-order valence-corrected chi connectivity index (χ1v) is 11.7. The molecule has 0 fully saturated rings. The minimum atomic E-state index is -0.456. The van der Waals surface area contributed by atoms with Crippen LogP contribution in [0, 0.1) is 0 Å². The molecule has 1 aromatic carbocycles. The first kappa shape index (κ1) is 31.1. The van der Waals surface area contributed by atoms with Crippen LogP contribution in [-0.2, 0) is 38.0 Å². The van der Waals surface area contributed by atoms with E-state index in [1.165, 1.54) is 0 Å². The van der Waals surface area contributed by atoms with Crippen LogP contribution in [0.1, 0.15) is 27.7 Å². The van der Waals surface area contributed by atoms with Crippen molar-refractivity contribution in [3.63, 3.8) is 0 Å². The molecule has 0 radical (unpaired) electrons. The van der Waals surface area contributed by atoms with Crippen molar-refractivity contribution in [1.82, 2.24) is 0 Å². The molecule has 0 aromatic heterocycles. The second-order valence-corrected chi connectivity index (χ2v) is 7.62. The predicted octanol–water partition coefficient (Wildman–Crippen LogP) is 3.44. The molecule has 0 aliphatic heterocycles. The Morgan fingerprint density at radius 2 is 0.917 bits per heavy atom. The first-order valence-electron chi connectivity index (χ1n) is 11.7. The molecular formula is C26H38O10. The molecule has 0 N–H and O–H groups in total. The van der Waals surface area contributed by atoms with Crippen LogP contribution in [0.5, 0.6) is 11.5 Å². The van der Waals surface area contributed by atoms with Crippen LogP contribution >= 0.6 is 0 Å². The highest BCUT2D eigenvalue weighted by molar-refractivity contribution is 5.87. The zero-order chi connectivity index (χ0) is 26.8. The Morgan fingerprint density at radius 3 is 1.22 bits per heavy atom. The van der Waals surface area contributed by atoms with E-state index in [9.17, 15) is 9.59 Å². The number of carbonyl (C=O) groups excluding carboxylic acids is 2. The Labute approximate surface area is 213 Å². The largest absolute Gasteiger partial charge is 0.491 e. The van der Waals surface area contributed by atoms with Gasteiger partial charge in [-0.2, -0.15) is 0 Å². The van der Waals surface area contributed by atoms with Gasteiger partial charge >= 0.3 is 11.9 Å². The summed E-state index contributed by atoms with van der Waals surface area (Å²) in [6.45, 7) is 15.8. The number of rotatable bonds is 20. The smallest absolute Gasteiger partial charge is 0.333 e. The van der Waals surface area contributed by atoms with E-state index in [1.54, 1.807) is 52.0 Å². The van der Waals surface area contributed by atoms with Gasteiger partial charge in [0.05, 0.1) is 26.4 Å². The number of benzene rings is 1. The van der Waals surface area contributed by atoms with Gasteiger partial charge in [0.1, 0.15) is 37.9 Å². The highest BCUT2D eigenvalue weighted by Crippen LogP contribution is 2.17. The molecule has 36 heavy (non-hydrogen) atoms. The SMILES string of the molecule is C=C(C)C(=O)OCCOC(C)OCCOc1ccc(OCCOC(C)OCCOC(=O)C(=C)C)cc1. The van der Waals surface area contributed by atoms with E-state index < -0.39 is 24.5 Å². The van der Waals surface area contributed by atoms with Crippen molar-refractivity contribution in [2.75, 3.05) is 52.9 Å². The lowest BCUT2D eigenvalue weighted by atomic mass is 10.3. The van der Waals surface area contributed by atoms with Crippen molar-refractivity contribution < 1.29 is 47.5 Å². The molecular weight excluding hydrogens is 472 g/mol. The number of hydrogen-bond acceptors (Lipinski definition) is 10. The van der Waals surface area contributed by atoms with Crippen LogP contribution in [0.25, 0.3) is 0 Å². The summed E-state index contributed by atoms with van der Waals surface area (Å²) in [5.74, 6) is 0.470. The number of carbonyl (C=O) groups is 2. The Balaban J connectivity index is 2.07. The second-order valence-electron chi connectivity index (χ2n) is 7.62. The quantitative estimate of drug-likeness (QED) is 0.112. The molecule has 0 amide bonds. The summed E-state index contributed by atoms with van der Waals surface area (Å²) >= 11 is 0. The van der Waals surface area contributed by atoms with E-state index in [1.807, 2.05) is 0 Å². The molecule has 0 spiro atoms. The summed E-state index contributed by atoms with van der Waals surface area (Å²) in [5, 5.41) is 0. The van der Waals surface area contributed by atoms with Crippen LogP contribution in [0.15, 0.2) is 48.6 Å². The molecule has 0 aliphatic carbocycles. The molecule has 10 nitrogen and oxygen atoms in total. The fourth-order valence-corrected chi connectivity index (χ4v) is 2.42. The molecule has 202 valence electrons. The second kappa shape index (κ2) is 18.4. The Bertz CT molecular complexity index is 738. The Kier molecular flexibility index (Phi) is 15.9. The maximum atomic E-state index is 11.3. The standard InChI is InChI=1S/C26H38O10/c1-19(2)25(27)35-17-13-31-21(5)29-11-15-33-23-7-9-24(10-8-23)34-16-12-30-22(6)32-14-18-36-26(28)20(3)4/h7-10,21-22H,1,3,11-18H2,2,4-6H3. The van der Waals surface area contributed by atoms with Gasteiger partial charge in [0.15, 0.2) is 12.6 Å². The Morgan fingerprint density at radius 1 is 0.611 bits per heavy atom. The van der Waals surface area contributed by atoms with E-state index in [-0.39, 0.29) is 26.4 Å². The third kappa shape index (κ3) is 15.2. The average molecular weight is 511 g/mol. The van der Waals surface area contributed by atoms with E-state index in [0.717, 1.165) is 0 Å². The topological polar surface area (TPSA) is 108 Å². The third-order valence-electron chi connectivity index (χ3n) is 4.27.